The summed E-state index contributed by atoms with van der Waals surface area (Å²) in [5, 5.41) is 11.0. The number of carbonyl (C=O) groups excluding carboxylic acids is 2. The Labute approximate surface area is 192 Å². The molecule has 1 saturated heterocycles. The van der Waals surface area contributed by atoms with Gasteiger partial charge in [-0.3, -0.25) is 14.5 Å². The third-order valence-corrected chi connectivity index (χ3v) is 5.73. The van der Waals surface area contributed by atoms with Gasteiger partial charge in [-0.25, -0.2) is 4.39 Å². The number of halogens is 4. The van der Waals surface area contributed by atoms with Gasteiger partial charge >= 0.3 is 6.18 Å². The van der Waals surface area contributed by atoms with Crippen LogP contribution in [0.15, 0.2) is 78.4 Å². The van der Waals surface area contributed by atoms with Gasteiger partial charge in [0.25, 0.3) is 11.7 Å². The van der Waals surface area contributed by atoms with Crippen LogP contribution in [-0.4, -0.2) is 16.8 Å². The Morgan fingerprint density at radius 3 is 2.26 bits per heavy atom. The molecule has 1 aliphatic heterocycles. The number of aryl methyl sites for hydroxylation is 1. The van der Waals surface area contributed by atoms with Gasteiger partial charge in [0.2, 0.25) is 0 Å². The Hall–Kier alpha value is -3.94. The number of hydrogen-bond donors (Lipinski definition) is 1. The highest BCUT2D eigenvalue weighted by molar-refractivity contribution is 6.51. The number of rotatable bonds is 4. The van der Waals surface area contributed by atoms with Crippen LogP contribution in [0.5, 0.6) is 0 Å². The van der Waals surface area contributed by atoms with E-state index in [1.165, 1.54) is 24.3 Å². The highest BCUT2D eigenvalue weighted by Crippen LogP contribution is 2.44. The molecule has 34 heavy (non-hydrogen) atoms. The summed E-state index contributed by atoms with van der Waals surface area (Å²) in [5.41, 5.74) is -0.630. The third kappa shape index (κ3) is 4.07. The summed E-state index contributed by atoms with van der Waals surface area (Å²) in [7, 11) is 0. The maximum absolute atomic E-state index is 14.9. The molecule has 0 saturated carbocycles. The van der Waals surface area contributed by atoms with Crippen LogP contribution in [-0.2, 0) is 22.2 Å². The second kappa shape index (κ2) is 8.78. The third-order valence-electron chi connectivity index (χ3n) is 5.73. The molecular weight excluding hydrogens is 450 g/mol. The van der Waals surface area contributed by atoms with Crippen molar-refractivity contribution in [3.05, 3.63) is 106 Å². The lowest BCUT2D eigenvalue weighted by molar-refractivity contribution is -0.137. The molecule has 0 aromatic heterocycles. The minimum absolute atomic E-state index is 0.133. The standard InChI is InChI=1S/C26H19F4NO3/c1-2-15-10-12-16(13-11-15)23(32)21-22(19-8-3-4-9-20(19)27)31(25(34)24(21)33)18-7-5-6-17(14-18)26(28,29)30/h3-14,22,32H,2H2,1H3/b23-21+. The molecule has 0 aliphatic carbocycles. The Morgan fingerprint density at radius 1 is 0.971 bits per heavy atom. The van der Waals surface area contributed by atoms with Crippen molar-refractivity contribution in [2.75, 3.05) is 4.90 Å². The molecule has 3 aromatic rings. The van der Waals surface area contributed by atoms with Gasteiger partial charge in [-0.05, 0) is 36.2 Å². The van der Waals surface area contributed by atoms with Gasteiger partial charge in [0.05, 0.1) is 17.2 Å². The monoisotopic (exact) mass is 469 g/mol. The first kappa shape index (κ1) is 23.2. The number of Topliss-reactive ketones (excluding diaryl/α,β-unsaturated/α-hetero) is 1. The van der Waals surface area contributed by atoms with Crippen molar-refractivity contribution < 1.29 is 32.3 Å². The first-order valence-corrected chi connectivity index (χ1v) is 10.5. The van der Waals surface area contributed by atoms with Crippen molar-refractivity contribution in [2.45, 2.75) is 25.6 Å². The van der Waals surface area contributed by atoms with E-state index in [1.54, 1.807) is 24.3 Å². The van der Waals surface area contributed by atoms with E-state index in [-0.39, 0.29) is 16.8 Å². The van der Waals surface area contributed by atoms with Crippen LogP contribution in [0.2, 0.25) is 0 Å². The first-order chi connectivity index (χ1) is 16.1. The summed E-state index contributed by atoms with van der Waals surface area (Å²) in [6, 6.07) is 14.3. The van der Waals surface area contributed by atoms with Gasteiger partial charge in [0.15, 0.2) is 0 Å². The van der Waals surface area contributed by atoms with Crippen LogP contribution >= 0.6 is 0 Å². The van der Waals surface area contributed by atoms with E-state index in [2.05, 4.69) is 0 Å². The summed E-state index contributed by atoms with van der Waals surface area (Å²) in [5.74, 6) is -3.61. The molecule has 1 unspecified atom stereocenters. The van der Waals surface area contributed by atoms with E-state index in [4.69, 9.17) is 0 Å². The molecule has 1 aliphatic rings. The van der Waals surface area contributed by atoms with Gasteiger partial charge in [0, 0.05) is 16.8 Å². The summed E-state index contributed by atoms with van der Waals surface area (Å²) in [6.45, 7) is 1.94. The minimum atomic E-state index is -4.70. The second-order valence-electron chi connectivity index (χ2n) is 7.79. The van der Waals surface area contributed by atoms with E-state index in [0.717, 1.165) is 41.1 Å². The molecule has 1 amide bonds. The van der Waals surface area contributed by atoms with E-state index in [0.29, 0.717) is 0 Å². The number of nitrogens with zero attached hydrogens (tertiary/aromatic N) is 1. The molecule has 1 fully saturated rings. The summed E-state index contributed by atoms with van der Waals surface area (Å²) in [4.78, 5) is 26.9. The quantitative estimate of drug-likeness (QED) is 0.220. The zero-order chi connectivity index (χ0) is 24.6. The number of carbonyl (C=O) groups is 2. The molecule has 0 radical (unpaired) electrons. The topological polar surface area (TPSA) is 57.6 Å². The second-order valence-corrected chi connectivity index (χ2v) is 7.79. The Balaban J connectivity index is 1.95. The van der Waals surface area contributed by atoms with Crippen molar-refractivity contribution in [3.8, 4) is 0 Å². The van der Waals surface area contributed by atoms with Crippen molar-refractivity contribution in [1.29, 1.82) is 0 Å². The zero-order valence-corrected chi connectivity index (χ0v) is 17.9. The van der Waals surface area contributed by atoms with Crippen LogP contribution in [0, 0.1) is 5.82 Å². The fraction of sp³-hybridized carbons (Fsp3) is 0.154. The Morgan fingerprint density at radius 2 is 1.65 bits per heavy atom. The lowest BCUT2D eigenvalue weighted by Crippen LogP contribution is -2.30. The predicted molar refractivity (Wildman–Crippen MR) is 118 cm³/mol. The van der Waals surface area contributed by atoms with Crippen LogP contribution in [0.4, 0.5) is 23.2 Å². The van der Waals surface area contributed by atoms with Gasteiger partial charge in [-0.2, -0.15) is 13.2 Å². The number of amides is 1. The molecule has 1 heterocycles. The summed E-state index contributed by atoms with van der Waals surface area (Å²) >= 11 is 0. The van der Waals surface area contributed by atoms with Crippen LogP contribution < -0.4 is 4.90 Å². The Kier molecular flexibility index (Phi) is 6.00. The van der Waals surface area contributed by atoms with Crippen molar-refractivity contribution >= 4 is 23.1 Å². The molecular formula is C26H19F4NO3. The molecule has 4 rings (SSSR count). The zero-order valence-electron chi connectivity index (χ0n) is 17.9. The number of aliphatic hydroxyl groups excluding tert-OH is 1. The average molecular weight is 469 g/mol. The SMILES string of the molecule is CCc1ccc(/C(O)=C2\C(=O)C(=O)N(c3cccc(C(F)(F)F)c3)C2c2ccccc2F)cc1. The maximum atomic E-state index is 14.9. The highest BCUT2D eigenvalue weighted by atomic mass is 19.4. The molecule has 1 atom stereocenters. The summed E-state index contributed by atoms with van der Waals surface area (Å²) < 4.78 is 54.8. The lowest BCUT2D eigenvalue weighted by Gasteiger charge is -2.26. The lowest BCUT2D eigenvalue weighted by atomic mass is 9.94. The van der Waals surface area contributed by atoms with Crippen molar-refractivity contribution in [2.24, 2.45) is 0 Å². The smallest absolute Gasteiger partial charge is 0.416 e. The Bertz CT molecular complexity index is 1300. The average Bonchev–Trinajstić information content (AvgIpc) is 3.08. The van der Waals surface area contributed by atoms with E-state index in [9.17, 15) is 32.3 Å². The number of aliphatic hydroxyl groups is 1. The molecule has 8 heteroatoms. The normalized spacial score (nSPS) is 17.9. The van der Waals surface area contributed by atoms with E-state index < -0.39 is 46.6 Å². The van der Waals surface area contributed by atoms with Gasteiger partial charge in [-0.1, -0.05) is 55.5 Å². The fourth-order valence-electron chi connectivity index (χ4n) is 3.98. The number of hydrogen-bond acceptors (Lipinski definition) is 3. The summed E-state index contributed by atoms with van der Waals surface area (Å²) in [6.07, 6.45) is -3.96. The molecule has 1 N–H and O–H groups in total. The molecule has 4 nitrogen and oxygen atoms in total. The number of alkyl halides is 3. The van der Waals surface area contributed by atoms with Crippen LogP contribution in [0.3, 0.4) is 0 Å². The minimum Gasteiger partial charge on any atom is -0.507 e. The van der Waals surface area contributed by atoms with E-state index in [1.807, 2.05) is 6.92 Å². The van der Waals surface area contributed by atoms with E-state index >= 15 is 0 Å². The van der Waals surface area contributed by atoms with Crippen molar-refractivity contribution in [1.82, 2.24) is 0 Å². The fourth-order valence-corrected chi connectivity index (χ4v) is 3.98. The molecule has 174 valence electrons. The molecule has 0 bridgehead atoms. The van der Waals surface area contributed by atoms with Gasteiger partial charge in [-0.15, -0.1) is 0 Å². The predicted octanol–water partition coefficient (Wildman–Crippen LogP) is 6.03. The van der Waals surface area contributed by atoms with Gasteiger partial charge < -0.3 is 5.11 Å². The number of anilines is 1. The number of benzene rings is 3. The van der Waals surface area contributed by atoms with Crippen LogP contribution in [0.1, 0.15) is 35.2 Å². The molecule has 0 spiro atoms. The van der Waals surface area contributed by atoms with Crippen LogP contribution in [0.25, 0.3) is 5.76 Å². The maximum Gasteiger partial charge on any atom is 0.416 e. The van der Waals surface area contributed by atoms with Crippen molar-refractivity contribution in [3.63, 3.8) is 0 Å². The highest BCUT2D eigenvalue weighted by Gasteiger charge is 2.48. The first-order valence-electron chi connectivity index (χ1n) is 10.5. The number of ketones is 1. The van der Waals surface area contributed by atoms with Gasteiger partial charge in [0.1, 0.15) is 11.6 Å². The largest absolute Gasteiger partial charge is 0.507 e. The molecule has 3 aromatic carbocycles.